The summed E-state index contributed by atoms with van der Waals surface area (Å²) < 4.78 is 16.4. The first kappa shape index (κ1) is 22.4. The molecule has 4 rings (SSSR count). The molecule has 2 heterocycles. The fourth-order valence-electron chi connectivity index (χ4n) is 3.90. The van der Waals surface area contributed by atoms with Crippen LogP contribution in [-0.4, -0.2) is 35.6 Å². The summed E-state index contributed by atoms with van der Waals surface area (Å²) in [5, 5.41) is 2.34. The van der Waals surface area contributed by atoms with Gasteiger partial charge in [0.05, 0.1) is 5.69 Å². The van der Waals surface area contributed by atoms with Crippen LogP contribution in [-0.2, 0) is 9.59 Å². The second-order valence-corrected chi connectivity index (χ2v) is 8.37. The van der Waals surface area contributed by atoms with Crippen molar-refractivity contribution in [3.8, 4) is 5.69 Å². The Morgan fingerprint density at radius 3 is 2.33 bits per heavy atom. The van der Waals surface area contributed by atoms with Crippen molar-refractivity contribution in [1.29, 1.82) is 0 Å². The van der Waals surface area contributed by atoms with Gasteiger partial charge in [-0.05, 0) is 80.2 Å². The summed E-state index contributed by atoms with van der Waals surface area (Å²) >= 11 is 5.16. The maximum absolute atomic E-state index is 14.4. The van der Waals surface area contributed by atoms with Crippen molar-refractivity contribution in [1.82, 2.24) is 9.88 Å². The summed E-state index contributed by atoms with van der Waals surface area (Å²) in [4.78, 5) is 28.9. The van der Waals surface area contributed by atoms with Crippen LogP contribution in [0.15, 0.2) is 60.2 Å². The Balaban J connectivity index is 1.74. The normalized spacial score (nSPS) is 15.2. The average molecular weight is 463 g/mol. The number of nitrogens with zero attached hydrogens (tertiary/aromatic N) is 3. The molecule has 0 radical (unpaired) electrons. The second-order valence-electron chi connectivity index (χ2n) is 7.98. The SMILES string of the molecule is Cc1cc(/C=C2\C(=O)NC(=S)N(c3ccccc3F)C2=O)c(C)n1-c1ccc(N(C)C)cc1. The van der Waals surface area contributed by atoms with Crippen LogP contribution in [0.1, 0.15) is 17.0 Å². The standard InChI is InChI=1S/C25H23FN4O2S/c1-15-13-17(16(2)29(15)19-11-9-18(10-12-19)28(3)4)14-20-23(31)27-25(33)30(24(20)32)22-8-6-5-7-21(22)26/h5-14H,1-4H3,(H,27,31,33)/b20-14+. The Morgan fingerprint density at radius 2 is 1.70 bits per heavy atom. The minimum Gasteiger partial charge on any atom is -0.378 e. The van der Waals surface area contributed by atoms with Crippen molar-refractivity contribution in [2.75, 3.05) is 23.9 Å². The lowest BCUT2D eigenvalue weighted by molar-refractivity contribution is -0.122. The van der Waals surface area contributed by atoms with Gasteiger partial charge in [0.1, 0.15) is 11.4 Å². The van der Waals surface area contributed by atoms with Crippen molar-refractivity contribution in [2.24, 2.45) is 0 Å². The molecule has 0 bridgehead atoms. The summed E-state index contributed by atoms with van der Waals surface area (Å²) in [6.45, 7) is 3.88. The highest BCUT2D eigenvalue weighted by molar-refractivity contribution is 7.80. The van der Waals surface area contributed by atoms with E-state index in [2.05, 4.69) is 9.88 Å². The molecule has 168 valence electrons. The largest absolute Gasteiger partial charge is 0.378 e. The fraction of sp³-hybridized carbons (Fsp3) is 0.160. The molecule has 2 aromatic carbocycles. The molecule has 3 aromatic rings. The van der Waals surface area contributed by atoms with E-state index < -0.39 is 17.6 Å². The third kappa shape index (κ3) is 4.05. The Kier molecular flexibility index (Phi) is 5.86. The van der Waals surface area contributed by atoms with Crippen LogP contribution < -0.4 is 15.1 Å². The van der Waals surface area contributed by atoms with Gasteiger partial charge in [-0.1, -0.05) is 12.1 Å². The number of para-hydroxylation sites is 1. The van der Waals surface area contributed by atoms with Gasteiger partial charge in [0.15, 0.2) is 5.11 Å². The zero-order chi connectivity index (χ0) is 23.9. The smallest absolute Gasteiger partial charge is 0.270 e. The van der Waals surface area contributed by atoms with Crippen molar-refractivity contribution in [3.05, 3.63) is 82.9 Å². The van der Waals surface area contributed by atoms with Crippen LogP contribution >= 0.6 is 12.2 Å². The highest BCUT2D eigenvalue weighted by Gasteiger charge is 2.35. The van der Waals surface area contributed by atoms with Gasteiger partial charge in [-0.15, -0.1) is 0 Å². The number of aryl methyl sites for hydroxylation is 1. The molecule has 0 unspecified atom stereocenters. The predicted octanol–water partition coefficient (Wildman–Crippen LogP) is 4.13. The molecule has 33 heavy (non-hydrogen) atoms. The Labute approximate surface area is 196 Å². The van der Waals surface area contributed by atoms with E-state index >= 15 is 0 Å². The molecule has 0 atom stereocenters. The number of hydrogen-bond donors (Lipinski definition) is 1. The van der Waals surface area contributed by atoms with Crippen molar-refractivity contribution in [3.63, 3.8) is 0 Å². The molecule has 1 aliphatic heterocycles. The molecule has 0 spiro atoms. The van der Waals surface area contributed by atoms with E-state index in [0.29, 0.717) is 5.56 Å². The number of aromatic nitrogens is 1. The van der Waals surface area contributed by atoms with Gasteiger partial charge in [-0.25, -0.2) is 9.29 Å². The van der Waals surface area contributed by atoms with Crippen molar-refractivity contribution >= 4 is 46.6 Å². The van der Waals surface area contributed by atoms with Crippen molar-refractivity contribution in [2.45, 2.75) is 13.8 Å². The number of carbonyl (C=O) groups excluding carboxylic acids is 2. The molecule has 1 saturated heterocycles. The molecule has 6 nitrogen and oxygen atoms in total. The zero-order valence-electron chi connectivity index (χ0n) is 18.7. The molecule has 0 aliphatic carbocycles. The van der Waals surface area contributed by atoms with Crippen LogP contribution in [0.2, 0.25) is 0 Å². The van der Waals surface area contributed by atoms with Crippen LogP contribution in [0.25, 0.3) is 11.8 Å². The Hall–Kier alpha value is -3.78. The minimum absolute atomic E-state index is 0.00939. The number of carbonyl (C=O) groups is 2. The highest BCUT2D eigenvalue weighted by Crippen LogP contribution is 2.27. The average Bonchev–Trinajstić information content (AvgIpc) is 3.05. The molecule has 0 saturated carbocycles. The van der Waals surface area contributed by atoms with Crippen LogP contribution in [0.5, 0.6) is 0 Å². The summed E-state index contributed by atoms with van der Waals surface area (Å²) in [5.41, 5.74) is 4.45. The fourth-order valence-corrected chi connectivity index (χ4v) is 4.17. The lowest BCUT2D eigenvalue weighted by Gasteiger charge is -2.29. The summed E-state index contributed by atoms with van der Waals surface area (Å²) in [7, 11) is 3.96. The van der Waals surface area contributed by atoms with E-state index in [1.165, 1.54) is 24.3 Å². The number of benzene rings is 2. The third-order valence-electron chi connectivity index (χ3n) is 5.59. The van der Waals surface area contributed by atoms with E-state index in [-0.39, 0.29) is 16.4 Å². The minimum atomic E-state index is -0.672. The number of thiocarbonyl (C=S) groups is 1. The third-order valence-corrected chi connectivity index (χ3v) is 5.87. The van der Waals surface area contributed by atoms with E-state index in [9.17, 15) is 14.0 Å². The first-order chi connectivity index (χ1) is 15.7. The topological polar surface area (TPSA) is 57.6 Å². The molecule has 1 fully saturated rings. The molecular formula is C25H23FN4O2S. The van der Waals surface area contributed by atoms with Gasteiger partial charge in [0.25, 0.3) is 11.8 Å². The zero-order valence-corrected chi connectivity index (χ0v) is 19.5. The molecule has 1 aliphatic rings. The van der Waals surface area contributed by atoms with Gasteiger partial charge in [-0.2, -0.15) is 0 Å². The van der Waals surface area contributed by atoms with Gasteiger partial charge >= 0.3 is 0 Å². The maximum Gasteiger partial charge on any atom is 0.270 e. The summed E-state index contributed by atoms with van der Waals surface area (Å²) in [5.74, 6) is -1.89. The number of nitrogens with one attached hydrogen (secondary N) is 1. The van der Waals surface area contributed by atoms with Gasteiger partial charge in [-0.3, -0.25) is 14.9 Å². The number of anilines is 2. The second kappa shape index (κ2) is 8.63. The lowest BCUT2D eigenvalue weighted by Crippen LogP contribution is -2.54. The molecular weight excluding hydrogens is 439 g/mol. The van der Waals surface area contributed by atoms with Gasteiger partial charge < -0.3 is 9.47 Å². The van der Waals surface area contributed by atoms with Gasteiger partial charge in [0.2, 0.25) is 0 Å². The number of rotatable bonds is 4. The van der Waals surface area contributed by atoms with Gasteiger partial charge in [0, 0.05) is 36.9 Å². The number of amides is 2. The maximum atomic E-state index is 14.4. The highest BCUT2D eigenvalue weighted by atomic mass is 32.1. The number of hydrogen-bond acceptors (Lipinski definition) is 4. The summed E-state index contributed by atoms with van der Waals surface area (Å²) in [6.07, 6.45) is 1.53. The van der Waals surface area contributed by atoms with Crippen LogP contribution in [0.3, 0.4) is 0 Å². The van der Waals surface area contributed by atoms with E-state index in [0.717, 1.165) is 27.7 Å². The van der Waals surface area contributed by atoms with Crippen LogP contribution in [0.4, 0.5) is 15.8 Å². The van der Waals surface area contributed by atoms with Crippen molar-refractivity contribution < 1.29 is 14.0 Å². The van der Waals surface area contributed by atoms with E-state index in [4.69, 9.17) is 12.2 Å². The monoisotopic (exact) mass is 462 g/mol. The van der Waals surface area contributed by atoms with Crippen LogP contribution in [0, 0.1) is 19.7 Å². The molecule has 2 amide bonds. The quantitative estimate of drug-likeness (QED) is 0.360. The summed E-state index contributed by atoms with van der Waals surface area (Å²) in [6, 6.07) is 15.8. The Bertz CT molecular complexity index is 1310. The van der Waals surface area contributed by atoms with E-state index in [1.54, 1.807) is 6.07 Å². The molecule has 1 N–H and O–H groups in total. The van der Waals surface area contributed by atoms with E-state index in [1.807, 2.05) is 63.2 Å². The predicted molar refractivity (Wildman–Crippen MR) is 132 cm³/mol. The first-order valence-electron chi connectivity index (χ1n) is 10.3. The lowest BCUT2D eigenvalue weighted by atomic mass is 10.1. The first-order valence-corrected chi connectivity index (χ1v) is 10.7. The number of halogens is 1. The molecule has 8 heteroatoms. The Morgan fingerprint density at radius 1 is 1.03 bits per heavy atom. The molecule has 1 aromatic heterocycles.